The molecule has 0 aliphatic carbocycles. The minimum atomic E-state index is -0.377. The third kappa shape index (κ3) is 4.59. The molecule has 1 saturated heterocycles. The van der Waals surface area contributed by atoms with E-state index >= 15 is 0 Å². The highest BCUT2D eigenvalue weighted by atomic mass is 16.1. The summed E-state index contributed by atoms with van der Waals surface area (Å²) >= 11 is 0. The lowest BCUT2D eigenvalue weighted by molar-refractivity contribution is 0.0707. The van der Waals surface area contributed by atoms with Crippen LogP contribution in [-0.4, -0.2) is 73.9 Å². The van der Waals surface area contributed by atoms with E-state index in [9.17, 15) is 4.79 Å². The number of nitrogens with zero attached hydrogens (tertiary/aromatic N) is 7. The molecule has 168 valence electrons. The van der Waals surface area contributed by atoms with Crippen LogP contribution in [0.5, 0.6) is 0 Å². The molecule has 1 aliphatic heterocycles. The van der Waals surface area contributed by atoms with Gasteiger partial charge in [0.2, 0.25) is 0 Å². The Hall–Kier alpha value is -3.69. The Bertz CT molecular complexity index is 1260. The zero-order valence-corrected chi connectivity index (χ0v) is 18.7. The van der Waals surface area contributed by atoms with Gasteiger partial charge in [0, 0.05) is 68.3 Å². The molecule has 0 spiro atoms. The number of amides is 1. The maximum atomic E-state index is 13.0. The summed E-state index contributed by atoms with van der Waals surface area (Å²) in [5.41, 5.74) is 4.20. The van der Waals surface area contributed by atoms with Gasteiger partial charge in [0.1, 0.15) is 11.9 Å². The Kier molecular flexibility index (Phi) is 5.80. The van der Waals surface area contributed by atoms with Crippen molar-refractivity contribution >= 4 is 16.8 Å². The standard InChI is InChI=1S/C24H26N8O/c1-30-9-11-32(12-10-30)23(27-24(33)17-5-7-25-8-6-17)22-14-19-13-18(3-4-21(19)28-29-22)20-15-26-31(2)16-20/h3-8,13-16,23H,9-12H2,1-2H3,(H,27,33). The molecule has 4 heterocycles. The first-order valence-electron chi connectivity index (χ1n) is 11.0. The van der Waals surface area contributed by atoms with Gasteiger partial charge in [0.25, 0.3) is 5.91 Å². The third-order valence-corrected chi connectivity index (χ3v) is 6.04. The SMILES string of the molecule is CN1CCN(C(NC(=O)c2ccncc2)c2cc3cc(-c4cnn(C)c4)ccc3nn2)CC1. The molecule has 4 aromatic rings. The zero-order valence-electron chi connectivity index (χ0n) is 18.7. The Morgan fingerprint density at radius 1 is 0.970 bits per heavy atom. The molecule has 9 heteroatoms. The van der Waals surface area contributed by atoms with Gasteiger partial charge >= 0.3 is 0 Å². The fourth-order valence-corrected chi connectivity index (χ4v) is 4.09. The molecule has 0 saturated carbocycles. The number of carbonyl (C=O) groups excluding carboxylic acids is 1. The fraction of sp³-hybridized carbons (Fsp3) is 0.292. The minimum absolute atomic E-state index is 0.160. The largest absolute Gasteiger partial charge is 0.331 e. The number of likely N-dealkylation sites (N-methyl/N-ethyl adjacent to an activating group) is 1. The molecule has 3 aromatic heterocycles. The lowest BCUT2D eigenvalue weighted by Crippen LogP contribution is -2.50. The highest BCUT2D eigenvalue weighted by molar-refractivity contribution is 5.94. The van der Waals surface area contributed by atoms with Crippen molar-refractivity contribution in [1.82, 2.24) is 40.1 Å². The van der Waals surface area contributed by atoms with Crippen molar-refractivity contribution in [2.24, 2.45) is 7.05 Å². The van der Waals surface area contributed by atoms with Gasteiger partial charge in [-0.3, -0.25) is 19.4 Å². The number of nitrogens with one attached hydrogen (secondary N) is 1. The van der Waals surface area contributed by atoms with Gasteiger partial charge in [-0.1, -0.05) is 6.07 Å². The predicted molar refractivity (Wildman–Crippen MR) is 125 cm³/mol. The highest BCUT2D eigenvalue weighted by Gasteiger charge is 2.27. The van der Waals surface area contributed by atoms with Crippen LogP contribution in [0.1, 0.15) is 22.2 Å². The molecule has 1 N–H and O–H groups in total. The molecule has 0 bridgehead atoms. The van der Waals surface area contributed by atoms with E-state index in [0.717, 1.165) is 53.9 Å². The summed E-state index contributed by atoms with van der Waals surface area (Å²) in [7, 11) is 4.01. The molecular weight excluding hydrogens is 416 g/mol. The Morgan fingerprint density at radius 3 is 2.48 bits per heavy atom. The molecule has 9 nitrogen and oxygen atoms in total. The van der Waals surface area contributed by atoms with E-state index in [2.05, 4.69) is 48.5 Å². The summed E-state index contributed by atoms with van der Waals surface area (Å²) in [4.78, 5) is 21.5. The van der Waals surface area contributed by atoms with E-state index in [0.29, 0.717) is 5.56 Å². The molecule has 1 unspecified atom stereocenters. The van der Waals surface area contributed by atoms with Crippen LogP contribution in [0.15, 0.2) is 61.2 Å². The van der Waals surface area contributed by atoms with Gasteiger partial charge in [-0.2, -0.15) is 15.3 Å². The molecule has 33 heavy (non-hydrogen) atoms. The molecule has 1 amide bonds. The van der Waals surface area contributed by atoms with E-state index in [1.54, 1.807) is 29.2 Å². The Labute approximate surface area is 192 Å². The van der Waals surface area contributed by atoms with Gasteiger partial charge in [0.15, 0.2) is 0 Å². The molecule has 1 fully saturated rings. The second-order valence-corrected chi connectivity index (χ2v) is 8.40. The van der Waals surface area contributed by atoms with Crippen LogP contribution in [0, 0.1) is 0 Å². The number of carbonyl (C=O) groups is 1. The van der Waals surface area contributed by atoms with E-state index in [1.807, 2.05) is 37.6 Å². The second kappa shape index (κ2) is 9.05. The number of hydrogen-bond acceptors (Lipinski definition) is 7. The summed E-state index contributed by atoms with van der Waals surface area (Å²) in [5, 5.41) is 17.4. The molecular formula is C24H26N8O. The van der Waals surface area contributed by atoms with Crippen molar-refractivity contribution in [3.05, 3.63) is 72.4 Å². The first kappa shape index (κ1) is 21.2. The summed E-state index contributed by atoms with van der Waals surface area (Å²) in [6.07, 6.45) is 6.70. The van der Waals surface area contributed by atoms with Crippen LogP contribution in [0.4, 0.5) is 0 Å². The molecule has 1 aliphatic rings. The van der Waals surface area contributed by atoms with Crippen LogP contribution in [0.3, 0.4) is 0 Å². The van der Waals surface area contributed by atoms with Crippen LogP contribution in [0.25, 0.3) is 22.0 Å². The normalized spacial score (nSPS) is 16.1. The van der Waals surface area contributed by atoms with Crippen molar-refractivity contribution < 1.29 is 4.79 Å². The molecule has 1 aromatic carbocycles. The second-order valence-electron chi connectivity index (χ2n) is 8.40. The number of fused-ring (bicyclic) bond motifs is 1. The third-order valence-electron chi connectivity index (χ3n) is 6.04. The van der Waals surface area contributed by atoms with Crippen LogP contribution < -0.4 is 5.32 Å². The van der Waals surface area contributed by atoms with E-state index in [4.69, 9.17) is 0 Å². The smallest absolute Gasteiger partial charge is 0.252 e. The van der Waals surface area contributed by atoms with Gasteiger partial charge in [-0.15, -0.1) is 0 Å². The van der Waals surface area contributed by atoms with Crippen molar-refractivity contribution in [2.75, 3.05) is 33.2 Å². The van der Waals surface area contributed by atoms with Gasteiger partial charge in [-0.05, 0) is 42.9 Å². The average Bonchev–Trinajstić information content (AvgIpc) is 3.29. The maximum Gasteiger partial charge on any atom is 0.252 e. The topological polar surface area (TPSA) is 92.1 Å². The molecule has 5 rings (SSSR count). The van der Waals surface area contributed by atoms with E-state index < -0.39 is 0 Å². The first-order chi connectivity index (χ1) is 16.1. The summed E-state index contributed by atoms with van der Waals surface area (Å²) in [5.74, 6) is -0.160. The number of benzene rings is 1. The Balaban J connectivity index is 1.50. The van der Waals surface area contributed by atoms with Gasteiger partial charge in [-0.25, -0.2) is 0 Å². The van der Waals surface area contributed by atoms with E-state index in [1.165, 1.54) is 0 Å². The number of pyridine rings is 1. The summed E-state index contributed by atoms with van der Waals surface area (Å²) in [6.45, 7) is 3.50. The van der Waals surface area contributed by atoms with Crippen molar-refractivity contribution in [2.45, 2.75) is 6.17 Å². The van der Waals surface area contributed by atoms with Crippen molar-refractivity contribution in [1.29, 1.82) is 0 Å². The van der Waals surface area contributed by atoms with Crippen molar-refractivity contribution in [3.8, 4) is 11.1 Å². The number of piperazine rings is 1. The van der Waals surface area contributed by atoms with Crippen LogP contribution in [-0.2, 0) is 7.05 Å². The van der Waals surface area contributed by atoms with Crippen molar-refractivity contribution in [3.63, 3.8) is 0 Å². The first-order valence-corrected chi connectivity index (χ1v) is 11.0. The predicted octanol–water partition coefficient (Wildman–Crippen LogP) is 2.10. The molecule has 1 atom stereocenters. The average molecular weight is 443 g/mol. The lowest BCUT2D eigenvalue weighted by Gasteiger charge is -2.37. The monoisotopic (exact) mass is 442 g/mol. The van der Waals surface area contributed by atoms with Gasteiger partial charge < -0.3 is 10.2 Å². The van der Waals surface area contributed by atoms with Crippen LogP contribution >= 0.6 is 0 Å². The fourth-order valence-electron chi connectivity index (χ4n) is 4.09. The number of aryl methyl sites for hydroxylation is 1. The number of hydrogen-bond donors (Lipinski definition) is 1. The quantitative estimate of drug-likeness (QED) is 0.506. The Morgan fingerprint density at radius 2 is 1.76 bits per heavy atom. The maximum absolute atomic E-state index is 13.0. The van der Waals surface area contributed by atoms with Crippen LogP contribution in [0.2, 0.25) is 0 Å². The zero-order chi connectivity index (χ0) is 22.8. The summed E-state index contributed by atoms with van der Waals surface area (Å²) < 4.78 is 1.79. The minimum Gasteiger partial charge on any atom is -0.331 e. The lowest BCUT2D eigenvalue weighted by atomic mass is 10.1. The summed E-state index contributed by atoms with van der Waals surface area (Å²) in [6, 6.07) is 11.5. The van der Waals surface area contributed by atoms with E-state index in [-0.39, 0.29) is 12.1 Å². The number of rotatable bonds is 5. The molecule has 0 radical (unpaired) electrons. The highest BCUT2D eigenvalue weighted by Crippen LogP contribution is 2.26. The van der Waals surface area contributed by atoms with Gasteiger partial charge in [0.05, 0.1) is 11.7 Å². The number of aromatic nitrogens is 5.